The normalized spacial score (nSPS) is 16.1. The lowest BCUT2D eigenvalue weighted by atomic mass is 10.1. The summed E-state index contributed by atoms with van der Waals surface area (Å²) in [7, 11) is 0. The summed E-state index contributed by atoms with van der Waals surface area (Å²) in [5.74, 6) is 0. The monoisotopic (exact) mass is 168 g/mol. The first kappa shape index (κ1) is 7.61. The molecule has 4 nitrogen and oxygen atoms in total. The zero-order valence-corrected chi connectivity index (χ0v) is 7.09. The predicted molar refractivity (Wildman–Crippen MR) is 44.1 cm³/mol. The van der Waals surface area contributed by atoms with Gasteiger partial charge in [0.1, 0.15) is 0 Å². The first-order valence-corrected chi connectivity index (χ1v) is 4.21. The highest BCUT2D eigenvalue weighted by molar-refractivity contribution is 5.19. The van der Waals surface area contributed by atoms with Gasteiger partial charge in [-0.15, -0.1) is 0 Å². The van der Waals surface area contributed by atoms with E-state index in [0.717, 1.165) is 24.2 Å². The molecule has 66 valence electrons. The van der Waals surface area contributed by atoms with Gasteiger partial charge < -0.3 is 4.74 Å². The Labute approximate surface area is 70.1 Å². The van der Waals surface area contributed by atoms with Crippen LogP contribution in [0.15, 0.2) is 4.79 Å². The number of hydrogen-bond donors (Lipinski definition) is 1. The number of hydrogen-bond acceptors (Lipinski definition) is 2. The third-order valence-electron chi connectivity index (χ3n) is 2.24. The smallest absolute Gasteiger partial charge is 0.267 e. The number of aromatic amines is 1. The number of aromatic nitrogens is 2. The Kier molecular flexibility index (Phi) is 1.77. The third kappa shape index (κ3) is 0.992. The van der Waals surface area contributed by atoms with Crippen molar-refractivity contribution in [1.82, 2.24) is 9.78 Å². The standard InChI is InChI=1S/C8H12N2O2/c1-2-10-7-5-12-4-3-6(7)8(11)9-10/h2-5H2,1H3,(H,9,11). The molecule has 0 fully saturated rings. The van der Waals surface area contributed by atoms with E-state index in [1.807, 2.05) is 11.6 Å². The summed E-state index contributed by atoms with van der Waals surface area (Å²) in [4.78, 5) is 11.3. The molecule has 0 unspecified atom stereocenters. The maximum absolute atomic E-state index is 11.3. The molecule has 4 heteroatoms. The zero-order chi connectivity index (χ0) is 8.55. The summed E-state index contributed by atoms with van der Waals surface area (Å²) >= 11 is 0. The highest BCUT2D eigenvalue weighted by atomic mass is 16.5. The third-order valence-corrected chi connectivity index (χ3v) is 2.24. The van der Waals surface area contributed by atoms with Crippen molar-refractivity contribution in [3.8, 4) is 0 Å². The van der Waals surface area contributed by atoms with Crippen LogP contribution in [0.1, 0.15) is 18.2 Å². The van der Waals surface area contributed by atoms with E-state index >= 15 is 0 Å². The van der Waals surface area contributed by atoms with E-state index < -0.39 is 0 Å². The molecule has 12 heavy (non-hydrogen) atoms. The summed E-state index contributed by atoms with van der Waals surface area (Å²) in [6, 6.07) is 0. The predicted octanol–water partition coefficient (Wildman–Crippen LogP) is 0.269. The Morgan fingerprint density at radius 3 is 3.25 bits per heavy atom. The number of rotatable bonds is 1. The molecule has 1 aromatic heterocycles. The molecule has 1 aromatic rings. The summed E-state index contributed by atoms with van der Waals surface area (Å²) in [6.07, 6.45) is 0.748. The number of nitrogens with one attached hydrogen (secondary N) is 1. The number of fused-ring (bicyclic) bond motifs is 1. The van der Waals surface area contributed by atoms with Gasteiger partial charge in [-0.25, -0.2) is 0 Å². The van der Waals surface area contributed by atoms with Gasteiger partial charge in [0.25, 0.3) is 5.56 Å². The Morgan fingerprint density at radius 2 is 2.50 bits per heavy atom. The highest BCUT2D eigenvalue weighted by Crippen LogP contribution is 2.11. The maximum atomic E-state index is 11.3. The minimum Gasteiger partial charge on any atom is -0.375 e. The SMILES string of the molecule is CCn1[nH]c(=O)c2c1COCC2. The molecule has 0 amide bonds. The number of H-pyrrole nitrogens is 1. The molecule has 1 N–H and O–H groups in total. The van der Waals surface area contributed by atoms with E-state index in [4.69, 9.17) is 4.74 Å². The molecule has 2 heterocycles. The van der Waals surface area contributed by atoms with Gasteiger partial charge in [-0.3, -0.25) is 14.6 Å². The topological polar surface area (TPSA) is 47.0 Å². The fourth-order valence-electron chi connectivity index (χ4n) is 1.59. The van der Waals surface area contributed by atoms with Crippen molar-refractivity contribution in [1.29, 1.82) is 0 Å². The summed E-state index contributed by atoms with van der Waals surface area (Å²) in [6.45, 7) is 4.05. The molecular formula is C8H12N2O2. The first-order valence-electron chi connectivity index (χ1n) is 4.21. The molecule has 0 radical (unpaired) electrons. The van der Waals surface area contributed by atoms with Crippen molar-refractivity contribution in [2.75, 3.05) is 6.61 Å². The second-order valence-corrected chi connectivity index (χ2v) is 2.91. The molecule has 0 aromatic carbocycles. The summed E-state index contributed by atoms with van der Waals surface area (Å²) < 4.78 is 7.13. The lowest BCUT2D eigenvalue weighted by molar-refractivity contribution is 0.104. The van der Waals surface area contributed by atoms with Crippen LogP contribution in [0, 0.1) is 0 Å². The summed E-state index contributed by atoms with van der Waals surface area (Å²) in [5.41, 5.74) is 1.98. The van der Waals surface area contributed by atoms with Crippen LogP contribution in [0.25, 0.3) is 0 Å². The average molecular weight is 168 g/mol. The van der Waals surface area contributed by atoms with Crippen LogP contribution in [-0.2, 0) is 24.3 Å². The maximum Gasteiger partial charge on any atom is 0.267 e. The van der Waals surface area contributed by atoms with E-state index in [1.165, 1.54) is 0 Å². The van der Waals surface area contributed by atoms with Crippen molar-refractivity contribution in [2.45, 2.75) is 26.5 Å². The van der Waals surface area contributed by atoms with Crippen molar-refractivity contribution >= 4 is 0 Å². The van der Waals surface area contributed by atoms with E-state index in [1.54, 1.807) is 0 Å². The van der Waals surface area contributed by atoms with Crippen molar-refractivity contribution < 1.29 is 4.74 Å². The van der Waals surface area contributed by atoms with Gasteiger partial charge in [0.15, 0.2) is 0 Å². The van der Waals surface area contributed by atoms with Gasteiger partial charge in [0.2, 0.25) is 0 Å². The Bertz CT molecular complexity index is 337. The fraction of sp³-hybridized carbons (Fsp3) is 0.625. The van der Waals surface area contributed by atoms with Crippen LogP contribution in [-0.4, -0.2) is 16.4 Å². The Morgan fingerprint density at radius 1 is 1.67 bits per heavy atom. The van der Waals surface area contributed by atoms with Gasteiger partial charge >= 0.3 is 0 Å². The molecular weight excluding hydrogens is 156 g/mol. The molecule has 0 spiro atoms. The van der Waals surface area contributed by atoms with Crippen LogP contribution in [0.3, 0.4) is 0 Å². The number of aryl methyl sites for hydroxylation is 1. The molecule has 0 aliphatic carbocycles. The molecule has 2 rings (SSSR count). The highest BCUT2D eigenvalue weighted by Gasteiger charge is 2.17. The van der Waals surface area contributed by atoms with Gasteiger partial charge in [-0.05, 0) is 6.92 Å². The number of nitrogens with zero attached hydrogens (tertiary/aromatic N) is 1. The van der Waals surface area contributed by atoms with Gasteiger partial charge in [0, 0.05) is 18.5 Å². The van der Waals surface area contributed by atoms with Gasteiger partial charge in [0.05, 0.1) is 18.9 Å². The summed E-state index contributed by atoms with van der Waals surface area (Å²) in [5, 5.41) is 2.79. The second kappa shape index (κ2) is 2.79. The van der Waals surface area contributed by atoms with Crippen LogP contribution in [0.5, 0.6) is 0 Å². The van der Waals surface area contributed by atoms with E-state index in [-0.39, 0.29) is 5.56 Å². The molecule has 0 saturated heterocycles. The van der Waals surface area contributed by atoms with Crippen LogP contribution in [0.2, 0.25) is 0 Å². The van der Waals surface area contributed by atoms with E-state index in [0.29, 0.717) is 13.2 Å². The lowest BCUT2D eigenvalue weighted by Gasteiger charge is -2.13. The molecule has 1 aliphatic rings. The van der Waals surface area contributed by atoms with Crippen LogP contribution < -0.4 is 5.56 Å². The Hall–Kier alpha value is -1.03. The van der Waals surface area contributed by atoms with E-state index in [9.17, 15) is 4.79 Å². The van der Waals surface area contributed by atoms with Crippen molar-refractivity contribution in [3.05, 3.63) is 21.6 Å². The van der Waals surface area contributed by atoms with Gasteiger partial charge in [-0.1, -0.05) is 0 Å². The molecule has 0 atom stereocenters. The minimum atomic E-state index is 0.0511. The largest absolute Gasteiger partial charge is 0.375 e. The number of ether oxygens (including phenoxy) is 1. The lowest BCUT2D eigenvalue weighted by Crippen LogP contribution is -2.15. The zero-order valence-electron chi connectivity index (χ0n) is 7.09. The Balaban J connectivity index is 2.54. The molecule has 1 aliphatic heterocycles. The average Bonchev–Trinajstić information content (AvgIpc) is 2.44. The molecule has 0 saturated carbocycles. The minimum absolute atomic E-state index is 0.0511. The quantitative estimate of drug-likeness (QED) is 0.654. The van der Waals surface area contributed by atoms with Crippen molar-refractivity contribution in [2.24, 2.45) is 0 Å². The van der Waals surface area contributed by atoms with Crippen LogP contribution >= 0.6 is 0 Å². The van der Waals surface area contributed by atoms with Crippen molar-refractivity contribution in [3.63, 3.8) is 0 Å². The fourth-order valence-corrected chi connectivity index (χ4v) is 1.59. The first-order chi connectivity index (χ1) is 5.83. The van der Waals surface area contributed by atoms with Gasteiger partial charge in [-0.2, -0.15) is 0 Å². The second-order valence-electron chi connectivity index (χ2n) is 2.91. The molecule has 0 bridgehead atoms. The van der Waals surface area contributed by atoms with E-state index in [2.05, 4.69) is 5.10 Å². The van der Waals surface area contributed by atoms with Crippen LogP contribution in [0.4, 0.5) is 0 Å².